The van der Waals surface area contributed by atoms with Crippen LogP contribution in [0.1, 0.15) is 37.3 Å². The van der Waals surface area contributed by atoms with Gasteiger partial charge in [0.05, 0.1) is 6.61 Å². The van der Waals surface area contributed by atoms with Crippen LogP contribution < -0.4 is 10.1 Å². The fourth-order valence-electron chi connectivity index (χ4n) is 1.67. The Morgan fingerprint density at radius 1 is 1.31 bits per heavy atom. The maximum atomic E-state index is 5.84. The molecule has 0 atom stereocenters. The molecular formula is C14H23NO. The number of rotatable bonds is 6. The lowest BCUT2D eigenvalue weighted by molar-refractivity contribution is 0.305. The molecule has 16 heavy (non-hydrogen) atoms. The van der Waals surface area contributed by atoms with E-state index in [2.05, 4.69) is 44.3 Å². The summed E-state index contributed by atoms with van der Waals surface area (Å²) in [6, 6.07) is 6.46. The van der Waals surface area contributed by atoms with Crippen molar-refractivity contribution in [2.75, 3.05) is 20.2 Å². The van der Waals surface area contributed by atoms with Gasteiger partial charge < -0.3 is 10.1 Å². The van der Waals surface area contributed by atoms with Gasteiger partial charge in [0.1, 0.15) is 5.75 Å². The molecule has 0 bridgehead atoms. The van der Waals surface area contributed by atoms with Gasteiger partial charge >= 0.3 is 0 Å². The standard InChI is InChI=1S/C14H23NO/c1-11(2)13-7-6-12(3)10-14(13)16-9-5-8-15-4/h6-7,10-11,15H,5,8-9H2,1-4H3. The summed E-state index contributed by atoms with van der Waals surface area (Å²) in [6.45, 7) is 8.29. The van der Waals surface area contributed by atoms with Gasteiger partial charge in [0.15, 0.2) is 0 Å². The normalized spacial score (nSPS) is 10.8. The Hall–Kier alpha value is -1.02. The van der Waals surface area contributed by atoms with E-state index in [0.29, 0.717) is 5.92 Å². The fraction of sp³-hybridized carbons (Fsp3) is 0.571. The Kier molecular flexibility index (Phi) is 5.33. The zero-order valence-electron chi connectivity index (χ0n) is 10.8. The number of ether oxygens (including phenoxy) is 1. The van der Waals surface area contributed by atoms with Crippen LogP contribution in [0.3, 0.4) is 0 Å². The summed E-state index contributed by atoms with van der Waals surface area (Å²) in [5.74, 6) is 1.56. The van der Waals surface area contributed by atoms with Crippen LogP contribution in [0.5, 0.6) is 5.75 Å². The minimum atomic E-state index is 0.514. The molecule has 0 unspecified atom stereocenters. The van der Waals surface area contributed by atoms with E-state index in [1.54, 1.807) is 0 Å². The molecule has 1 N–H and O–H groups in total. The summed E-state index contributed by atoms with van der Waals surface area (Å²) < 4.78 is 5.84. The molecule has 0 aliphatic heterocycles. The molecule has 2 nitrogen and oxygen atoms in total. The molecule has 0 amide bonds. The first-order chi connectivity index (χ1) is 7.65. The molecule has 0 aliphatic carbocycles. The van der Waals surface area contributed by atoms with Gasteiger partial charge in [-0.05, 0) is 50.0 Å². The SMILES string of the molecule is CNCCCOc1cc(C)ccc1C(C)C. The average Bonchev–Trinajstić information content (AvgIpc) is 2.24. The predicted octanol–water partition coefficient (Wildman–Crippen LogP) is 3.11. The van der Waals surface area contributed by atoms with Crippen LogP contribution in [0.2, 0.25) is 0 Å². The van der Waals surface area contributed by atoms with Gasteiger partial charge in [-0.3, -0.25) is 0 Å². The smallest absolute Gasteiger partial charge is 0.122 e. The van der Waals surface area contributed by atoms with Crippen molar-refractivity contribution in [3.05, 3.63) is 29.3 Å². The lowest BCUT2D eigenvalue weighted by Crippen LogP contribution is -2.12. The van der Waals surface area contributed by atoms with Crippen molar-refractivity contribution in [2.24, 2.45) is 0 Å². The van der Waals surface area contributed by atoms with Gasteiger partial charge in [-0.25, -0.2) is 0 Å². The van der Waals surface area contributed by atoms with Crippen LogP contribution in [0.15, 0.2) is 18.2 Å². The number of nitrogens with one attached hydrogen (secondary N) is 1. The molecule has 0 heterocycles. The largest absolute Gasteiger partial charge is 0.493 e. The minimum absolute atomic E-state index is 0.514. The summed E-state index contributed by atoms with van der Waals surface area (Å²) in [5, 5.41) is 3.12. The van der Waals surface area contributed by atoms with Crippen LogP contribution in [-0.2, 0) is 0 Å². The molecule has 0 aliphatic rings. The molecule has 0 aromatic heterocycles. The van der Waals surface area contributed by atoms with E-state index >= 15 is 0 Å². The number of aryl methyl sites for hydroxylation is 1. The molecule has 1 rings (SSSR count). The van der Waals surface area contributed by atoms with Crippen molar-refractivity contribution in [3.63, 3.8) is 0 Å². The summed E-state index contributed by atoms with van der Waals surface area (Å²) >= 11 is 0. The van der Waals surface area contributed by atoms with Crippen LogP contribution >= 0.6 is 0 Å². The molecule has 0 fully saturated rings. The van der Waals surface area contributed by atoms with Crippen LogP contribution in [0.25, 0.3) is 0 Å². The third-order valence-electron chi connectivity index (χ3n) is 2.62. The molecule has 1 aromatic carbocycles. The third kappa shape index (κ3) is 3.86. The second-order valence-electron chi connectivity index (χ2n) is 4.50. The first-order valence-corrected chi connectivity index (χ1v) is 6.03. The van der Waals surface area contributed by atoms with Crippen molar-refractivity contribution in [1.82, 2.24) is 5.32 Å². The predicted molar refractivity (Wildman–Crippen MR) is 69.3 cm³/mol. The molecular weight excluding hydrogens is 198 g/mol. The maximum absolute atomic E-state index is 5.84. The van der Waals surface area contributed by atoms with E-state index in [0.717, 1.165) is 25.3 Å². The molecule has 2 heteroatoms. The highest BCUT2D eigenvalue weighted by molar-refractivity contribution is 5.39. The lowest BCUT2D eigenvalue weighted by atomic mass is 10.0. The van der Waals surface area contributed by atoms with E-state index in [9.17, 15) is 0 Å². The number of hydrogen-bond donors (Lipinski definition) is 1. The van der Waals surface area contributed by atoms with Crippen molar-refractivity contribution >= 4 is 0 Å². The molecule has 0 radical (unpaired) electrons. The van der Waals surface area contributed by atoms with E-state index in [-0.39, 0.29) is 0 Å². The summed E-state index contributed by atoms with van der Waals surface area (Å²) in [7, 11) is 1.96. The van der Waals surface area contributed by atoms with E-state index in [1.807, 2.05) is 7.05 Å². The fourth-order valence-corrected chi connectivity index (χ4v) is 1.67. The van der Waals surface area contributed by atoms with Gasteiger partial charge in [-0.2, -0.15) is 0 Å². The second kappa shape index (κ2) is 6.54. The van der Waals surface area contributed by atoms with E-state index in [1.165, 1.54) is 11.1 Å². The van der Waals surface area contributed by atoms with Crippen LogP contribution in [0, 0.1) is 6.92 Å². The maximum Gasteiger partial charge on any atom is 0.122 e. The zero-order chi connectivity index (χ0) is 12.0. The highest BCUT2D eigenvalue weighted by Gasteiger charge is 2.07. The Morgan fingerprint density at radius 3 is 2.69 bits per heavy atom. The Labute approximate surface area is 99.0 Å². The molecule has 0 saturated heterocycles. The van der Waals surface area contributed by atoms with Gasteiger partial charge in [-0.15, -0.1) is 0 Å². The van der Waals surface area contributed by atoms with Gasteiger partial charge in [0.25, 0.3) is 0 Å². The first kappa shape index (κ1) is 13.0. The summed E-state index contributed by atoms with van der Waals surface area (Å²) in [4.78, 5) is 0. The second-order valence-corrected chi connectivity index (χ2v) is 4.50. The highest BCUT2D eigenvalue weighted by Crippen LogP contribution is 2.27. The monoisotopic (exact) mass is 221 g/mol. The van der Waals surface area contributed by atoms with Gasteiger partial charge in [-0.1, -0.05) is 26.0 Å². The summed E-state index contributed by atoms with van der Waals surface area (Å²) in [5.41, 5.74) is 2.56. The Morgan fingerprint density at radius 2 is 2.06 bits per heavy atom. The Bertz CT molecular complexity index is 321. The quantitative estimate of drug-likeness (QED) is 0.745. The van der Waals surface area contributed by atoms with Crippen molar-refractivity contribution in [3.8, 4) is 5.75 Å². The van der Waals surface area contributed by atoms with Gasteiger partial charge in [0.2, 0.25) is 0 Å². The topological polar surface area (TPSA) is 21.3 Å². The van der Waals surface area contributed by atoms with E-state index < -0.39 is 0 Å². The average molecular weight is 221 g/mol. The first-order valence-electron chi connectivity index (χ1n) is 6.03. The number of hydrogen-bond acceptors (Lipinski definition) is 2. The summed E-state index contributed by atoms with van der Waals surface area (Å²) in [6.07, 6.45) is 1.04. The zero-order valence-corrected chi connectivity index (χ0v) is 10.8. The number of benzene rings is 1. The molecule has 0 spiro atoms. The lowest BCUT2D eigenvalue weighted by Gasteiger charge is -2.14. The van der Waals surface area contributed by atoms with Gasteiger partial charge in [0, 0.05) is 0 Å². The van der Waals surface area contributed by atoms with Crippen molar-refractivity contribution in [1.29, 1.82) is 0 Å². The Balaban J connectivity index is 2.65. The van der Waals surface area contributed by atoms with Crippen molar-refractivity contribution in [2.45, 2.75) is 33.1 Å². The minimum Gasteiger partial charge on any atom is -0.493 e. The molecule has 1 aromatic rings. The highest BCUT2D eigenvalue weighted by atomic mass is 16.5. The molecule has 90 valence electrons. The van der Waals surface area contributed by atoms with Crippen LogP contribution in [0.4, 0.5) is 0 Å². The van der Waals surface area contributed by atoms with Crippen LogP contribution in [-0.4, -0.2) is 20.2 Å². The molecule has 0 saturated carbocycles. The third-order valence-corrected chi connectivity index (χ3v) is 2.62. The van der Waals surface area contributed by atoms with E-state index in [4.69, 9.17) is 4.74 Å². The van der Waals surface area contributed by atoms with Crippen molar-refractivity contribution < 1.29 is 4.74 Å².